The van der Waals surface area contributed by atoms with Crippen LogP contribution in [0.1, 0.15) is 12.6 Å². The normalized spacial score (nSPS) is 10.5. The zero-order valence-electron chi connectivity index (χ0n) is 10.4. The molecule has 0 bridgehead atoms. The van der Waals surface area contributed by atoms with Crippen molar-refractivity contribution in [1.82, 2.24) is 15.3 Å². The molecule has 2 aromatic rings. The molecule has 1 aromatic carbocycles. The van der Waals surface area contributed by atoms with Crippen LogP contribution in [0, 0.1) is 5.82 Å². The van der Waals surface area contributed by atoms with Gasteiger partial charge < -0.3 is 10.1 Å². The predicted molar refractivity (Wildman–Crippen MR) is 73.6 cm³/mol. The van der Waals surface area contributed by atoms with Gasteiger partial charge in [-0.05, 0) is 24.7 Å². The quantitative estimate of drug-likeness (QED) is 0.916. The van der Waals surface area contributed by atoms with Crippen molar-refractivity contribution in [2.45, 2.75) is 13.5 Å². The SMILES string of the molecule is CCNCc1cncc(Oc2cc(Br)ccc2F)n1. The summed E-state index contributed by atoms with van der Waals surface area (Å²) < 4.78 is 19.7. The van der Waals surface area contributed by atoms with Gasteiger partial charge in [-0.3, -0.25) is 4.98 Å². The minimum atomic E-state index is -0.443. The van der Waals surface area contributed by atoms with Gasteiger partial charge in [0.25, 0.3) is 0 Å². The zero-order valence-corrected chi connectivity index (χ0v) is 11.9. The largest absolute Gasteiger partial charge is 0.434 e. The highest BCUT2D eigenvalue weighted by Crippen LogP contribution is 2.26. The van der Waals surface area contributed by atoms with Crippen LogP contribution in [-0.2, 0) is 6.54 Å². The van der Waals surface area contributed by atoms with Crippen molar-refractivity contribution in [2.75, 3.05) is 6.54 Å². The Balaban J connectivity index is 2.16. The number of aromatic nitrogens is 2. The van der Waals surface area contributed by atoms with Gasteiger partial charge in [0, 0.05) is 17.2 Å². The van der Waals surface area contributed by atoms with E-state index in [4.69, 9.17) is 4.74 Å². The first-order valence-electron chi connectivity index (χ1n) is 5.83. The Kier molecular flexibility index (Phi) is 4.81. The Hall–Kier alpha value is -1.53. The van der Waals surface area contributed by atoms with E-state index in [2.05, 4.69) is 31.2 Å². The van der Waals surface area contributed by atoms with E-state index in [1.807, 2.05) is 6.92 Å². The molecule has 6 heteroatoms. The number of nitrogens with zero attached hydrogens (tertiary/aromatic N) is 2. The molecule has 1 aromatic heterocycles. The average molecular weight is 326 g/mol. The molecular formula is C13H13BrFN3O. The fraction of sp³-hybridized carbons (Fsp3) is 0.231. The molecule has 2 rings (SSSR count). The molecule has 0 unspecified atom stereocenters. The molecule has 0 amide bonds. The lowest BCUT2D eigenvalue weighted by Crippen LogP contribution is -2.13. The molecule has 0 aliphatic rings. The van der Waals surface area contributed by atoms with Gasteiger partial charge in [-0.2, -0.15) is 0 Å². The molecule has 1 heterocycles. The van der Waals surface area contributed by atoms with Crippen LogP contribution in [0.3, 0.4) is 0 Å². The topological polar surface area (TPSA) is 47.0 Å². The first-order valence-corrected chi connectivity index (χ1v) is 6.63. The van der Waals surface area contributed by atoms with Crippen LogP contribution < -0.4 is 10.1 Å². The van der Waals surface area contributed by atoms with E-state index in [0.717, 1.165) is 16.7 Å². The van der Waals surface area contributed by atoms with Gasteiger partial charge in [-0.1, -0.05) is 22.9 Å². The molecule has 4 nitrogen and oxygen atoms in total. The maximum Gasteiger partial charge on any atom is 0.238 e. The van der Waals surface area contributed by atoms with Crippen LogP contribution in [0.4, 0.5) is 4.39 Å². The van der Waals surface area contributed by atoms with Gasteiger partial charge in [0.05, 0.1) is 11.9 Å². The minimum Gasteiger partial charge on any atom is -0.434 e. The lowest BCUT2D eigenvalue weighted by atomic mass is 10.3. The molecule has 0 spiro atoms. The van der Waals surface area contributed by atoms with Gasteiger partial charge >= 0.3 is 0 Å². The third-order valence-corrected chi connectivity index (χ3v) is 2.82. The molecule has 0 fully saturated rings. The summed E-state index contributed by atoms with van der Waals surface area (Å²) in [7, 11) is 0. The third-order valence-electron chi connectivity index (χ3n) is 2.33. The molecule has 0 radical (unpaired) electrons. The lowest BCUT2D eigenvalue weighted by molar-refractivity contribution is 0.422. The van der Waals surface area contributed by atoms with Gasteiger partial charge in [0.15, 0.2) is 11.6 Å². The molecule has 0 saturated heterocycles. The molecule has 100 valence electrons. The second kappa shape index (κ2) is 6.58. The van der Waals surface area contributed by atoms with Crippen molar-refractivity contribution in [3.8, 4) is 11.6 Å². The van der Waals surface area contributed by atoms with E-state index in [9.17, 15) is 4.39 Å². The highest BCUT2D eigenvalue weighted by molar-refractivity contribution is 9.10. The van der Waals surface area contributed by atoms with Crippen molar-refractivity contribution < 1.29 is 9.13 Å². The van der Waals surface area contributed by atoms with E-state index in [0.29, 0.717) is 6.54 Å². The summed E-state index contributed by atoms with van der Waals surface area (Å²) in [6.07, 6.45) is 3.10. The summed E-state index contributed by atoms with van der Waals surface area (Å²) in [4.78, 5) is 8.27. The summed E-state index contributed by atoms with van der Waals surface area (Å²) >= 11 is 3.27. The number of halogens is 2. The standard InChI is InChI=1S/C13H13BrFN3O/c1-2-16-6-10-7-17-8-13(18-10)19-12-5-9(14)3-4-11(12)15/h3-5,7-8,16H,2,6H2,1H3. The Labute approximate surface area is 119 Å². The van der Waals surface area contributed by atoms with Crippen LogP contribution in [0.2, 0.25) is 0 Å². The van der Waals surface area contributed by atoms with Crippen molar-refractivity contribution in [1.29, 1.82) is 0 Å². The van der Waals surface area contributed by atoms with Crippen molar-refractivity contribution in [3.63, 3.8) is 0 Å². The number of nitrogens with one attached hydrogen (secondary N) is 1. The minimum absolute atomic E-state index is 0.115. The summed E-state index contributed by atoms with van der Waals surface area (Å²) in [6.45, 7) is 3.44. The van der Waals surface area contributed by atoms with Crippen LogP contribution >= 0.6 is 15.9 Å². The smallest absolute Gasteiger partial charge is 0.238 e. The number of hydrogen-bond donors (Lipinski definition) is 1. The van der Waals surface area contributed by atoms with Gasteiger partial charge in [-0.25, -0.2) is 9.37 Å². The number of ether oxygens (including phenoxy) is 1. The fourth-order valence-electron chi connectivity index (χ4n) is 1.44. The summed E-state index contributed by atoms with van der Waals surface area (Å²) in [6, 6.07) is 4.48. The van der Waals surface area contributed by atoms with Crippen LogP contribution in [0.15, 0.2) is 35.1 Å². The molecular weight excluding hydrogens is 313 g/mol. The first kappa shape index (κ1) is 13.9. The van der Waals surface area contributed by atoms with E-state index >= 15 is 0 Å². The van der Waals surface area contributed by atoms with E-state index in [-0.39, 0.29) is 11.6 Å². The third kappa shape index (κ3) is 3.97. The maximum atomic E-state index is 13.6. The number of rotatable bonds is 5. The summed E-state index contributed by atoms with van der Waals surface area (Å²) in [5, 5.41) is 3.14. The Morgan fingerprint density at radius 3 is 3.00 bits per heavy atom. The van der Waals surface area contributed by atoms with Gasteiger partial charge in [-0.15, -0.1) is 0 Å². The molecule has 0 saturated carbocycles. The predicted octanol–water partition coefficient (Wildman–Crippen LogP) is 3.28. The Bertz CT molecular complexity index is 565. The maximum absolute atomic E-state index is 13.6. The second-order valence-electron chi connectivity index (χ2n) is 3.81. The monoisotopic (exact) mass is 325 g/mol. The lowest BCUT2D eigenvalue weighted by Gasteiger charge is -2.07. The second-order valence-corrected chi connectivity index (χ2v) is 4.72. The van der Waals surface area contributed by atoms with Crippen molar-refractivity contribution >= 4 is 15.9 Å². The van der Waals surface area contributed by atoms with Gasteiger partial charge in [0.2, 0.25) is 5.88 Å². The highest BCUT2D eigenvalue weighted by atomic mass is 79.9. The van der Waals surface area contributed by atoms with Crippen LogP contribution in [0.25, 0.3) is 0 Å². The molecule has 19 heavy (non-hydrogen) atoms. The molecule has 0 aliphatic carbocycles. The highest BCUT2D eigenvalue weighted by Gasteiger charge is 2.07. The van der Waals surface area contributed by atoms with Gasteiger partial charge in [0.1, 0.15) is 0 Å². The Morgan fingerprint density at radius 1 is 1.37 bits per heavy atom. The first-order chi connectivity index (χ1) is 9.19. The summed E-state index contributed by atoms with van der Waals surface area (Å²) in [5.41, 5.74) is 0.745. The Morgan fingerprint density at radius 2 is 2.21 bits per heavy atom. The van der Waals surface area contributed by atoms with E-state index in [1.54, 1.807) is 18.3 Å². The van der Waals surface area contributed by atoms with Crippen LogP contribution in [-0.4, -0.2) is 16.5 Å². The van der Waals surface area contributed by atoms with Crippen LogP contribution in [0.5, 0.6) is 11.6 Å². The fourth-order valence-corrected chi connectivity index (χ4v) is 1.78. The number of benzene rings is 1. The molecule has 0 atom stereocenters. The number of hydrogen-bond acceptors (Lipinski definition) is 4. The molecule has 1 N–H and O–H groups in total. The van der Waals surface area contributed by atoms with E-state index < -0.39 is 5.82 Å². The van der Waals surface area contributed by atoms with Crippen molar-refractivity contribution in [2.24, 2.45) is 0 Å². The summed E-state index contributed by atoms with van der Waals surface area (Å²) in [5.74, 6) is -0.0567. The zero-order chi connectivity index (χ0) is 13.7. The molecule has 0 aliphatic heterocycles. The van der Waals surface area contributed by atoms with Crippen molar-refractivity contribution in [3.05, 3.63) is 46.6 Å². The average Bonchev–Trinajstić information content (AvgIpc) is 2.41. The van der Waals surface area contributed by atoms with E-state index in [1.165, 1.54) is 12.3 Å².